The summed E-state index contributed by atoms with van der Waals surface area (Å²) in [6.45, 7) is 19.0. The Kier molecular flexibility index (Phi) is 8.72. The third-order valence-electron chi connectivity index (χ3n) is 10.8. The molecule has 0 aliphatic heterocycles. The number of aryl methyl sites for hydroxylation is 1. The molecule has 3 nitrogen and oxygen atoms in total. The molecule has 1 fully saturated rings. The number of hydrogen-bond donors (Lipinski definition) is 0. The molecule has 0 amide bonds. The molecule has 0 saturated heterocycles. The Balaban J connectivity index is 1.52. The fraction of sp³-hybridized carbons (Fsp3) is 0.676. The molecule has 0 aromatic heterocycles. The predicted octanol–water partition coefficient (Wildman–Crippen LogP) is 9.39. The van der Waals surface area contributed by atoms with E-state index in [1.807, 2.05) is 6.08 Å². The molecule has 0 bridgehead atoms. The van der Waals surface area contributed by atoms with Crippen LogP contribution in [0, 0.1) is 23.2 Å². The summed E-state index contributed by atoms with van der Waals surface area (Å²) in [6, 6.07) is 7.16. The first kappa shape index (κ1) is 29.2. The van der Waals surface area contributed by atoms with Gasteiger partial charge in [0, 0.05) is 0 Å². The van der Waals surface area contributed by atoms with Gasteiger partial charge in [-0.15, -0.1) is 0 Å². The van der Waals surface area contributed by atoms with Crippen LogP contribution in [0.3, 0.4) is 0 Å². The fourth-order valence-electron chi connectivity index (χ4n) is 9.04. The number of esters is 1. The van der Waals surface area contributed by atoms with Crippen molar-refractivity contribution in [1.29, 1.82) is 0 Å². The van der Waals surface area contributed by atoms with Gasteiger partial charge in [-0.1, -0.05) is 85.3 Å². The van der Waals surface area contributed by atoms with Gasteiger partial charge in [0.25, 0.3) is 8.32 Å². The summed E-state index contributed by atoms with van der Waals surface area (Å²) in [7, 11) is -0.495. The Hall–Kier alpha value is -1.81. The second kappa shape index (κ2) is 11.4. The van der Waals surface area contributed by atoms with Gasteiger partial charge < -0.3 is 9.16 Å². The summed E-state index contributed by atoms with van der Waals surface area (Å²) in [5.74, 6) is 3.46. The number of carbonyl (C=O) groups excluding carboxylic acids is 1. The molecule has 0 unspecified atom stereocenters. The molecule has 1 saturated carbocycles. The van der Waals surface area contributed by atoms with Crippen LogP contribution in [-0.2, 0) is 16.0 Å². The molecule has 3 aliphatic rings. The second-order valence-corrected chi connectivity index (χ2v) is 18.9. The first-order valence-corrected chi connectivity index (χ1v) is 17.4. The zero-order valence-electron chi connectivity index (χ0n) is 25.5. The van der Waals surface area contributed by atoms with Crippen molar-refractivity contribution in [3.63, 3.8) is 0 Å². The maximum atomic E-state index is 11.5. The Morgan fingerprint density at radius 1 is 1.08 bits per heavy atom. The smallest absolute Gasteiger partial charge is 0.309 e. The lowest BCUT2D eigenvalue weighted by atomic mass is 9.53. The van der Waals surface area contributed by atoms with Gasteiger partial charge in [-0.3, -0.25) is 4.79 Å². The van der Waals surface area contributed by atoms with E-state index in [9.17, 15) is 4.79 Å². The van der Waals surface area contributed by atoms with Crippen molar-refractivity contribution < 1.29 is 14.0 Å². The van der Waals surface area contributed by atoms with Gasteiger partial charge in [0.15, 0.2) is 0 Å². The van der Waals surface area contributed by atoms with E-state index in [1.54, 1.807) is 11.1 Å². The van der Waals surface area contributed by atoms with Gasteiger partial charge >= 0.3 is 5.97 Å². The van der Waals surface area contributed by atoms with Crippen molar-refractivity contribution in [2.75, 3.05) is 7.11 Å². The molecule has 4 rings (SSSR count). The first-order chi connectivity index (χ1) is 18.0. The van der Waals surface area contributed by atoms with E-state index < -0.39 is 8.32 Å². The van der Waals surface area contributed by atoms with E-state index >= 15 is 0 Å². The lowest BCUT2D eigenvalue weighted by Crippen LogP contribution is -2.50. The third kappa shape index (κ3) is 5.07. The number of benzene rings is 1. The van der Waals surface area contributed by atoms with Gasteiger partial charge in [0.2, 0.25) is 0 Å². The van der Waals surface area contributed by atoms with Gasteiger partial charge in [0.1, 0.15) is 5.75 Å². The lowest BCUT2D eigenvalue weighted by molar-refractivity contribution is -0.139. The summed E-state index contributed by atoms with van der Waals surface area (Å²) < 4.78 is 11.9. The topological polar surface area (TPSA) is 35.5 Å². The molecule has 1 aromatic rings. The fourth-order valence-corrected chi connectivity index (χ4v) is 14.3. The monoisotopic (exact) mass is 536 g/mol. The second-order valence-electron chi connectivity index (χ2n) is 13.5. The van der Waals surface area contributed by atoms with Crippen molar-refractivity contribution in [1.82, 2.24) is 0 Å². The highest BCUT2D eigenvalue weighted by atomic mass is 28.4. The molecule has 38 heavy (non-hydrogen) atoms. The normalized spacial score (nSPS) is 27.8. The van der Waals surface area contributed by atoms with Crippen molar-refractivity contribution >= 4 is 14.3 Å². The molecule has 3 aliphatic carbocycles. The minimum Gasteiger partial charge on any atom is -0.543 e. The van der Waals surface area contributed by atoms with Gasteiger partial charge in [-0.2, -0.15) is 0 Å². The van der Waals surface area contributed by atoms with Gasteiger partial charge in [-0.25, -0.2) is 0 Å². The molecule has 210 valence electrons. The summed E-state index contributed by atoms with van der Waals surface area (Å²) in [6.07, 6.45) is 13.3. The molecular formula is C34H52O3Si. The van der Waals surface area contributed by atoms with Crippen LogP contribution in [0.25, 0.3) is 0 Å². The Labute approximate surface area is 233 Å². The van der Waals surface area contributed by atoms with Gasteiger partial charge in [0.05, 0.1) is 13.5 Å². The maximum absolute atomic E-state index is 11.5. The van der Waals surface area contributed by atoms with E-state index in [0.29, 0.717) is 34.9 Å². The van der Waals surface area contributed by atoms with Crippen LogP contribution < -0.4 is 4.43 Å². The zero-order valence-corrected chi connectivity index (χ0v) is 26.5. The van der Waals surface area contributed by atoms with E-state index in [1.165, 1.54) is 44.8 Å². The van der Waals surface area contributed by atoms with Crippen LogP contribution >= 0.6 is 0 Å². The third-order valence-corrected chi connectivity index (χ3v) is 16.8. The van der Waals surface area contributed by atoms with Gasteiger partial charge in [-0.05, 0) is 101 Å². The SMILES string of the molecule is COC(=O)C/C=C/[C@@H](C)C1=CC[C@H]2[C@@H]3CCc4cc(O[Si](C(C)C)(C(C)C)C(C)C)ccc4[C@H]3CC[C@]12C. The average Bonchev–Trinajstić information content (AvgIpc) is 3.23. The molecule has 0 radical (unpaired) electrons. The average molecular weight is 537 g/mol. The minimum atomic E-state index is -1.95. The number of methoxy groups -OCH3 is 1. The van der Waals surface area contributed by atoms with Crippen LogP contribution in [0.4, 0.5) is 0 Å². The quantitative estimate of drug-likeness (QED) is 0.179. The number of hydrogen-bond acceptors (Lipinski definition) is 3. The van der Waals surface area contributed by atoms with Crippen LogP contribution in [-0.4, -0.2) is 21.4 Å². The molecule has 0 spiro atoms. The standard InChI is InChI=1S/C34H52O3Si/c1-22(2)38(23(3)4,24(5)6)37-27-14-16-28-26(21-27)13-15-30-29(28)19-20-34(8)31(17-18-32(30)34)25(7)11-10-12-33(35)36-9/h10-11,14,16-17,21-25,29-30,32H,12-13,15,18-20H2,1-9H3/b11-10+/t25-,29-,30-,32+,34-/m1/s1. The highest BCUT2D eigenvalue weighted by Gasteiger charge is 2.52. The Morgan fingerprint density at radius 3 is 2.39 bits per heavy atom. The Morgan fingerprint density at radius 2 is 1.76 bits per heavy atom. The summed E-state index contributed by atoms with van der Waals surface area (Å²) in [4.78, 5) is 11.5. The van der Waals surface area contributed by atoms with Crippen molar-refractivity contribution in [3.8, 4) is 5.75 Å². The van der Waals surface area contributed by atoms with E-state index in [2.05, 4.69) is 85.7 Å². The molecule has 1 aromatic carbocycles. The molecule has 4 heteroatoms. The predicted molar refractivity (Wildman–Crippen MR) is 161 cm³/mol. The summed E-state index contributed by atoms with van der Waals surface area (Å²) in [5.41, 5.74) is 6.75. The van der Waals surface area contributed by atoms with Crippen LogP contribution in [0.1, 0.15) is 105 Å². The molecule has 0 heterocycles. The minimum absolute atomic E-state index is 0.168. The number of ether oxygens (including phenoxy) is 1. The van der Waals surface area contributed by atoms with Crippen LogP contribution in [0.2, 0.25) is 16.6 Å². The lowest BCUT2D eigenvalue weighted by Gasteiger charge is -2.51. The van der Waals surface area contributed by atoms with Crippen molar-refractivity contribution in [2.24, 2.45) is 23.2 Å². The zero-order chi connectivity index (χ0) is 27.8. The largest absolute Gasteiger partial charge is 0.543 e. The molecule has 0 N–H and O–H groups in total. The number of carbonyl (C=O) groups is 1. The highest BCUT2D eigenvalue weighted by Crippen LogP contribution is 2.62. The first-order valence-electron chi connectivity index (χ1n) is 15.2. The van der Waals surface area contributed by atoms with E-state index in [-0.39, 0.29) is 11.4 Å². The Bertz CT molecular complexity index is 1050. The number of fused-ring (bicyclic) bond motifs is 5. The molecular weight excluding hydrogens is 484 g/mol. The van der Waals surface area contributed by atoms with Crippen molar-refractivity contribution in [3.05, 3.63) is 53.1 Å². The van der Waals surface area contributed by atoms with Crippen molar-refractivity contribution in [2.45, 2.75) is 116 Å². The van der Waals surface area contributed by atoms with E-state index in [4.69, 9.17) is 9.16 Å². The highest BCUT2D eigenvalue weighted by molar-refractivity contribution is 6.78. The maximum Gasteiger partial charge on any atom is 0.309 e. The summed E-state index contributed by atoms with van der Waals surface area (Å²) >= 11 is 0. The number of rotatable bonds is 9. The van der Waals surface area contributed by atoms with Crippen LogP contribution in [0.15, 0.2) is 42.0 Å². The summed E-state index contributed by atoms with van der Waals surface area (Å²) in [5, 5.41) is 0. The molecule has 5 atom stereocenters. The number of allylic oxidation sites excluding steroid dienone is 3. The van der Waals surface area contributed by atoms with E-state index in [0.717, 1.165) is 17.6 Å². The van der Waals surface area contributed by atoms with Crippen LogP contribution in [0.5, 0.6) is 5.75 Å².